The van der Waals surface area contributed by atoms with Gasteiger partial charge >= 0.3 is 0 Å². The first-order valence-corrected chi connectivity index (χ1v) is 12.0. The van der Waals surface area contributed by atoms with Crippen molar-refractivity contribution >= 4 is 43.3 Å². The number of Topliss-reactive ketones (excluding diaryl/α,β-unsaturated/α-hetero) is 1. The zero-order chi connectivity index (χ0) is 19.6. The summed E-state index contributed by atoms with van der Waals surface area (Å²) in [5, 5.41) is 8.73. The molecule has 1 fully saturated rings. The van der Waals surface area contributed by atoms with Gasteiger partial charge in [0.25, 0.3) is 0 Å². The highest BCUT2D eigenvalue weighted by molar-refractivity contribution is 9.10. The summed E-state index contributed by atoms with van der Waals surface area (Å²) >= 11 is 4.69. The van der Waals surface area contributed by atoms with Crippen LogP contribution < -0.4 is 0 Å². The van der Waals surface area contributed by atoms with Gasteiger partial charge < -0.3 is 4.57 Å². The van der Waals surface area contributed by atoms with Crippen LogP contribution in [0.4, 0.5) is 0 Å². The maximum absolute atomic E-state index is 12.7. The molecule has 0 bridgehead atoms. The van der Waals surface area contributed by atoms with Crippen LogP contribution in [0, 0.1) is 0 Å². The van der Waals surface area contributed by atoms with Crippen LogP contribution in [0.25, 0.3) is 0 Å². The smallest absolute Gasteiger partial charge is 0.192 e. The average molecular weight is 470 g/mol. The zero-order valence-electron chi connectivity index (χ0n) is 14.8. The van der Waals surface area contributed by atoms with Crippen molar-refractivity contribution in [2.75, 3.05) is 11.5 Å². The van der Waals surface area contributed by atoms with Gasteiger partial charge in [0, 0.05) is 22.5 Å². The highest BCUT2D eigenvalue weighted by Gasteiger charge is 2.33. The van der Waals surface area contributed by atoms with E-state index in [2.05, 4.69) is 32.7 Å². The average Bonchev–Trinajstić information content (AvgIpc) is 3.18. The molecule has 6 nitrogen and oxygen atoms in total. The molecule has 27 heavy (non-hydrogen) atoms. The van der Waals surface area contributed by atoms with Crippen LogP contribution in [0.15, 0.2) is 46.5 Å². The van der Waals surface area contributed by atoms with Crippen LogP contribution in [-0.4, -0.2) is 45.7 Å². The van der Waals surface area contributed by atoms with Crippen molar-refractivity contribution < 1.29 is 13.2 Å². The van der Waals surface area contributed by atoms with Gasteiger partial charge in [-0.15, -0.1) is 16.8 Å². The number of rotatable bonds is 7. The van der Waals surface area contributed by atoms with Crippen molar-refractivity contribution in [2.24, 2.45) is 0 Å². The monoisotopic (exact) mass is 469 g/mol. The number of carbonyl (C=O) groups is 1. The second-order valence-corrected chi connectivity index (χ2v) is 10.9. The van der Waals surface area contributed by atoms with E-state index in [1.165, 1.54) is 11.8 Å². The van der Waals surface area contributed by atoms with Crippen LogP contribution in [-0.2, 0) is 16.4 Å². The van der Waals surface area contributed by atoms with Crippen molar-refractivity contribution in [1.29, 1.82) is 0 Å². The third-order valence-electron chi connectivity index (χ3n) is 4.43. The Balaban J connectivity index is 1.81. The first kappa shape index (κ1) is 20.3. The van der Waals surface area contributed by atoms with Crippen molar-refractivity contribution in [1.82, 2.24) is 14.8 Å². The van der Waals surface area contributed by atoms with Crippen molar-refractivity contribution in [3.63, 3.8) is 0 Å². The highest BCUT2D eigenvalue weighted by atomic mass is 79.9. The van der Waals surface area contributed by atoms with E-state index in [-0.39, 0.29) is 28.5 Å². The van der Waals surface area contributed by atoms with Gasteiger partial charge in [-0.1, -0.05) is 45.9 Å². The second-order valence-electron chi connectivity index (χ2n) is 6.47. The minimum absolute atomic E-state index is 0.00523. The quantitative estimate of drug-likeness (QED) is 0.350. The lowest BCUT2D eigenvalue weighted by Gasteiger charge is -2.13. The van der Waals surface area contributed by atoms with E-state index in [0.717, 1.165) is 4.47 Å². The number of aromatic nitrogens is 3. The fraction of sp³-hybridized carbons (Fsp3) is 0.389. The van der Waals surface area contributed by atoms with Crippen LogP contribution in [0.5, 0.6) is 0 Å². The van der Waals surface area contributed by atoms with E-state index in [4.69, 9.17) is 0 Å². The Morgan fingerprint density at radius 1 is 1.41 bits per heavy atom. The summed E-state index contributed by atoms with van der Waals surface area (Å²) in [4.78, 5) is 12.7. The molecule has 1 aromatic carbocycles. The second kappa shape index (κ2) is 8.28. The number of allylic oxidation sites excluding steroid dienone is 1. The predicted octanol–water partition coefficient (Wildman–Crippen LogP) is 3.49. The molecule has 9 heteroatoms. The van der Waals surface area contributed by atoms with E-state index in [9.17, 15) is 13.2 Å². The molecule has 2 heterocycles. The SMILES string of the molecule is C=CCn1c(SC(C)C(=O)c2ccc(Br)cc2)nnc1C1CCS(=O)(=O)C1. The number of benzene rings is 1. The molecule has 1 aromatic heterocycles. The first-order chi connectivity index (χ1) is 12.8. The number of hydrogen-bond donors (Lipinski definition) is 0. The van der Waals surface area contributed by atoms with Gasteiger partial charge in [-0.3, -0.25) is 4.79 Å². The summed E-state index contributed by atoms with van der Waals surface area (Å²) in [5.74, 6) is 0.779. The standard InChI is InChI=1S/C18H20BrN3O3S2/c1-3-9-22-17(14-8-10-27(24,25)11-14)20-21-18(22)26-12(2)16(23)13-4-6-15(19)7-5-13/h3-7,12,14H,1,8-11H2,2H3. The molecule has 1 saturated heterocycles. The molecule has 2 atom stereocenters. The largest absolute Gasteiger partial charge is 0.302 e. The van der Waals surface area contributed by atoms with E-state index < -0.39 is 9.84 Å². The van der Waals surface area contributed by atoms with E-state index in [0.29, 0.717) is 29.5 Å². The Bertz CT molecular complexity index is 955. The van der Waals surface area contributed by atoms with Gasteiger partial charge in [-0.05, 0) is 25.5 Å². The van der Waals surface area contributed by atoms with E-state index >= 15 is 0 Å². The summed E-state index contributed by atoms with van der Waals surface area (Å²) in [6.45, 7) is 6.08. The molecule has 144 valence electrons. The maximum atomic E-state index is 12.7. The molecule has 0 radical (unpaired) electrons. The Hall–Kier alpha value is -1.45. The van der Waals surface area contributed by atoms with Gasteiger partial charge in [-0.25, -0.2) is 8.42 Å². The van der Waals surface area contributed by atoms with Gasteiger partial charge in [0.1, 0.15) is 5.82 Å². The van der Waals surface area contributed by atoms with Gasteiger partial charge in [0.05, 0.1) is 16.8 Å². The first-order valence-electron chi connectivity index (χ1n) is 8.51. The molecule has 2 aromatic rings. The topological polar surface area (TPSA) is 81.9 Å². The molecule has 2 unspecified atom stereocenters. The zero-order valence-corrected chi connectivity index (χ0v) is 18.1. The summed E-state index contributed by atoms with van der Waals surface area (Å²) in [6.07, 6.45) is 2.28. The molecule has 0 spiro atoms. The lowest BCUT2D eigenvalue weighted by Crippen LogP contribution is -2.16. The molecule has 0 amide bonds. The summed E-state index contributed by atoms with van der Waals surface area (Å²) in [6, 6.07) is 7.24. The maximum Gasteiger partial charge on any atom is 0.192 e. The van der Waals surface area contributed by atoms with Gasteiger partial charge in [0.15, 0.2) is 20.8 Å². The van der Waals surface area contributed by atoms with Crippen molar-refractivity contribution in [2.45, 2.75) is 36.2 Å². The van der Waals surface area contributed by atoms with Gasteiger partial charge in [0.2, 0.25) is 0 Å². The van der Waals surface area contributed by atoms with Crippen molar-refractivity contribution in [3.05, 3.63) is 52.8 Å². The van der Waals surface area contributed by atoms with Crippen LogP contribution in [0.1, 0.15) is 35.4 Å². The number of nitrogens with zero attached hydrogens (tertiary/aromatic N) is 3. The van der Waals surface area contributed by atoms with Gasteiger partial charge in [-0.2, -0.15) is 0 Å². The third kappa shape index (κ3) is 4.70. The number of ketones is 1. The molecular formula is C18H20BrN3O3S2. The molecule has 0 saturated carbocycles. The number of hydrogen-bond acceptors (Lipinski definition) is 6. The Labute approximate surface area is 171 Å². The lowest BCUT2D eigenvalue weighted by molar-refractivity contribution is 0.0994. The molecule has 1 aliphatic heterocycles. The number of thioether (sulfide) groups is 1. The minimum atomic E-state index is -3.01. The molecule has 1 aliphatic rings. The minimum Gasteiger partial charge on any atom is -0.302 e. The van der Waals surface area contributed by atoms with E-state index in [1.807, 2.05) is 23.6 Å². The molecule has 0 aliphatic carbocycles. The molecule has 3 rings (SSSR count). The Morgan fingerprint density at radius 2 is 2.11 bits per heavy atom. The fourth-order valence-corrected chi connectivity index (χ4v) is 6.00. The molecule has 0 N–H and O–H groups in total. The van der Waals surface area contributed by atoms with Crippen LogP contribution in [0.2, 0.25) is 0 Å². The Kier molecular flexibility index (Phi) is 6.22. The van der Waals surface area contributed by atoms with Crippen LogP contribution in [0.3, 0.4) is 0 Å². The number of carbonyl (C=O) groups excluding carboxylic acids is 1. The fourth-order valence-electron chi connectivity index (χ4n) is 3.05. The Morgan fingerprint density at radius 3 is 2.70 bits per heavy atom. The van der Waals surface area contributed by atoms with Crippen LogP contribution >= 0.6 is 27.7 Å². The number of halogens is 1. The predicted molar refractivity (Wildman–Crippen MR) is 110 cm³/mol. The summed E-state index contributed by atoms with van der Waals surface area (Å²) < 4.78 is 26.4. The molecular weight excluding hydrogens is 450 g/mol. The normalized spacial score (nSPS) is 19.7. The van der Waals surface area contributed by atoms with Crippen molar-refractivity contribution in [3.8, 4) is 0 Å². The number of sulfone groups is 1. The summed E-state index contributed by atoms with van der Waals surface area (Å²) in [7, 11) is -3.01. The van der Waals surface area contributed by atoms with E-state index in [1.54, 1.807) is 18.2 Å². The summed E-state index contributed by atoms with van der Waals surface area (Å²) in [5.41, 5.74) is 0.634. The third-order valence-corrected chi connectivity index (χ3v) is 7.81. The lowest BCUT2D eigenvalue weighted by atomic mass is 10.1. The highest BCUT2D eigenvalue weighted by Crippen LogP contribution is 2.32.